The van der Waals surface area contributed by atoms with Gasteiger partial charge in [0.15, 0.2) is 0 Å². The van der Waals surface area contributed by atoms with Crippen molar-refractivity contribution in [3.63, 3.8) is 0 Å². The molecule has 1 aliphatic heterocycles. The molecule has 1 aromatic rings. The third-order valence-corrected chi connectivity index (χ3v) is 3.63. The Morgan fingerprint density at radius 1 is 1.47 bits per heavy atom. The number of benzene rings is 1. The molecule has 19 heavy (non-hydrogen) atoms. The van der Waals surface area contributed by atoms with Gasteiger partial charge in [0.1, 0.15) is 0 Å². The Balaban J connectivity index is 2.08. The van der Waals surface area contributed by atoms with Crippen LogP contribution in [-0.2, 0) is 4.79 Å². The predicted molar refractivity (Wildman–Crippen MR) is 74.7 cm³/mol. The van der Waals surface area contributed by atoms with Gasteiger partial charge in [0.05, 0.1) is 17.2 Å². The molecular weight excluding hydrogens is 238 g/mol. The zero-order valence-electron chi connectivity index (χ0n) is 11.2. The first-order valence-electron chi connectivity index (χ1n) is 6.77. The molecule has 4 heteroatoms. The quantitative estimate of drug-likeness (QED) is 0.870. The minimum atomic E-state index is -0.414. The van der Waals surface area contributed by atoms with E-state index in [0.717, 1.165) is 37.9 Å². The van der Waals surface area contributed by atoms with Gasteiger partial charge in [-0.25, -0.2) is 0 Å². The monoisotopic (exact) mass is 257 g/mol. The van der Waals surface area contributed by atoms with Gasteiger partial charge in [-0.05, 0) is 50.1 Å². The van der Waals surface area contributed by atoms with Gasteiger partial charge in [-0.3, -0.25) is 4.79 Å². The van der Waals surface area contributed by atoms with Gasteiger partial charge in [-0.15, -0.1) is 0 Å². The maximum absolute atomic E-state index is 12.4. The van der Waals surface area contributed by atoms with E-state index in [1.165, 1.54) is 0 Å². The van der Waals surface area contributed by atoms with Crippen molar-refractivity contribution in [2.75, 3.05) is 11.9 Å². The van der Waals surface area contributed by atoms with Crippen LogP contribution in [0, 0.1) is 11.3 Å². The number of anilines is 1. The van der Waals surface area contributed by atoms with E-state index in [4.69, 9.17) is 5.26 Å². The Bertz CT molecular complexity index is 481. The highest BCUT2D eigenvalue weighted by Gasteiger charge is 2.39. The van der Waals surface area contributed by atoms with Gasteiger partial charge in [-0.1, -0.05) is 13.3 Å². The van der Waals surface area contributed by atoms with Crippen LogP contribution in [0.2, 0.25) is 0 Å². The maximum Gasteiger partial charge on any atom is 0.244 e. The Morgan fingerprint density at radius 2 is 2.21 bits per heavy atom. The lowest BCUT2D eigenvalue weighted by molar-refractivity contribution is -0.122. The summed E-state index contributed by atoms with van der Waals surface area (Å²) in [5, 5.41) is 15.0. The molecule has 0 spiro atoms. The molecular formula is C15H19N3O. The van der Waals surface area contributed by atoms with E-state index in [2.05, 4.69) is 23.6 Å². The molecule has 0 saturated carbocycles. The summed E-state index contributed by atoms with van der Waals surface area (Å²) in [6.45, 7) is 3.00. The largest absolute Gasteiger partial charge is 0.324 e. The van der Waals surface area contributed by atoms with Crippen molar-refractivity contribution >= 4 is 11.6 Å². The molecule has 2 rings (SSSR count). The molecule has 1 atom stereocenters. The van der Waals surface area contributed by atoms with E-state index in [9.17, 15) is 4.79 Å². The van der Waals surface area contributed by atoms with Gasteiger partial charge >= 0.3 is 0 Å². The molecule has 1 heterocycles. The van der Waals surface area contributed by atoms with Gasteiger partial charge in [-0.2, -0.15) is 5.26 Å². The lowest BCUT2D eigenvalue weighted by atomic mass is 9.91. The van der Waals surface area contributed by atoms with E-state index in [1.54, 1.807) is 24.3 Å². The second-order valence-electron chi connectivity index (χ2n) is 5.01. The van der Waals surface area contributed by atoms with Crippen LogP contribution in [0.15, 0.2) is 24.3 Å². The minimum absolute atomic E-state index is 0.0385. The average molecular weight is 257 g/mol. The second kappa shape index (κ2) is 5.85. The summed E-state index contributed by atoms with van der Waals surface area (Å²) < 4.78 is 0. The number of nitrogens with one attached hydrogen (secondary N) is 2. The summed E-state index contributed by atoms with van der Waals surface area (Å²) in [5.41, 5.74) is 0.927. The highest BCUT2D eigenvalue weighted by Crippen LogP contribution is 2.26. The predicted octanol–water partition coefficient (Wildman–Crippen LogP) is 2.42. The Morgan fingerprint density at radius 3 is 2.74 bits per heavy atom. The number of carbonyl (C=O) groups is 1. The van der Waals surface area contributed by atoms with Crippen molar-refractivity contribution < 1.29 is 4.79 Å². The lowest BCUT2D eigenvalue weighted by Crippen LogP contribution is -2.50. The SMILES string of the molecule is CCCC1(C(=O)Nc2ccc(C#N)cc2)CCCN1. The molecule has 1 aliphatic rings. The van der Waals surface area contributed by atoms with Crippen molar-refractivity contribution in [1.82, 2.24) is 5.32 Å². The molecule has 1 fully saturated rings. The topological polar surface area (TPSA) is 64.9 Å². The first-order valence-corrected chi connectivity index (χ1v) is 6.77. The van der Waals surface area contributed by atoms with Crippen molar-refractivity contribution in [3.05, 3.63) is 29.8 Å². The fourth-order valence-electron chi connectivity index (χ4n) is 2.63. The first-order chi connectivity index (χ1) is 9.20. The lowest BCUT2D eigenvalue weighted by Gasteiger charge is -2.27. The highest BCUT2D eigenvalue weighted by molar-refractivity contribution is 5.98. The van der Waals surface area contributed by atoms with Crippen LogP contribution in [0.3, 0.4) is 0 Å². The summed E-state index contributed by atoms with van der Waals surface area (Å²) in [6, 6.07) is 9.03. The highest BCUT2D eigenvalue weighted by atomic mass is 16.2. The van der Waals surface area contributed by atoms with Crippen molar-refractivity contribution in [1.29, 1.82) is 5.26 Å². The summed E-state index contributed by atoms with van der Waals surface area (Å²) in [5.74, 6) is 0.0385. The van der Waals surface area contributed by atoms with E-state index < -0.39 is 5.54 Å². The normalized spacial score (nSPS) is 21.9. The Labute approximate surface area is 113 Å². The van der Waals surface area contributed by atoms with E-state index in [1.807, 2.05) is 0 Å². The molecule has 0 bridgehead atoms. The zero-order valence-corrected chi connectivity index (χ0v) is 11.2. The van der Waals surface area contributed by atoms with Crippen LogP contribution in [0.1, 0.15) is 38.2 Å². The summed E-state index contributed by atoms with van der Waals surface area (Å²) in [4.78, 5) is 12.4. The van der Waals surface area contributed by atoms with Gasteiger partial charge in [0.25, 0.3) is 0 Å². The second-order valence-corrected chi connectivity index (χ2v) is 5.01. The molecule has 1 amide bonds. The molecule has 1 aromatic carbocycles. The van der Waals surface area contributed by atoms with Crippen LogP contribution >= 0.6 is 0 Å². The molecule has 1 unspecified atom stereocenters. The molecule has 0 aliphatic carbocycles. The van der Waals surface area contributed by atoms with Crippen LogP contribution in [-0.4, -0.2) is 18.0 Å². The smallest absolute Gasteiger partial charge is 0.244 e. The first kappa shape index (κ1) is 13.6. The third kappa shape index (κ3) is 2.94. The number of nitriles is 1. The zero-order chi connectivity index (χ0) is 13.7. The number of carbonyl (C=O) groups excluding carboxylic acids is 1. The van der Waals surface area contributed by atoms with Crippen LogP contribution in [0.25, 0.3) is 0 Å². The molecule has 0 radical (unpaired) electrons. The van der Waals surface area contributed by atoms with E-state index in [0.29, 0.717) is 5.56 Å². The van der Waals surface area contributed by atoms with E-state index >= 15 is 0 Å². The minimum Gasteiger partial charge on any atom is -0.324 e. The van der Waals surface area contributed by atoms with Crippen molar-refractivity contribution in [3.8, 4) is 6.07 Å². The number of rotatable bonds is 4. The standard InChI is InChI=1S/C15H19N3O/c1-2-8-15(9-3-10-17-15)14(19)18-13-6-4-12(11-16)5-7-13/h4-7,17H,2-3,8-10H2,1H3,(H,18,19). The van der Waals surface area contributed by atoms with Crippen LogP contribution in [0.5, 0.6) is 0 Å². The number of hydrogen-bond acceptors (Lipinski definition) is 3. The molecule has 0 aromatic heterocycles. The maximum atomic E-state index is 12.4. The third-order valence-electron chi connectivity index (χ3n) is 3.63. The number of hydrogen-bond donors (Lipinski definition) is 2. The Hall–Kier alpha value is -1.86. The van der Waals surface area contributed by atoms with E-state index in [-0.39, 0.29) is 5.91 Å². The van der Waals surface area contributed by atoms with Gasteiger partial charge in [0.2, 0.25) is 5.91 Å². The van der Waals surface area contributed by atoms with Crippen LogP contribution < -0.4 is 10.6 Å². The summed E-state index contributed by atoms with van der Waals surface area (Å²) in [6.07, 6.45) is 3.77. The summed E-state index contributed by atoms with van der Waals surface area (Å²) in [7, 11) is 0. The number of nitrogens with zero attached hydrogens (tertiary/aromatic N) is 1. The summed E-state index contributed by atoms with van der Waals surface area (Å²) >= 11 is 0. The average Bonchev–Trinajstić information content (AvgIpc) is 2.90. The van der Waals surface area contributed by atoms with Gasteiger partial charge in [0, 0.05) is 5.69 Å². The number of amides is 1. The molecule has 1 saturated heterocycles. The van der Waals surface area contributed by atoms with Crippen molar-refractivity contribution in [2.45, 2.75) is 38.1 Å². The van der Waals surface area contributed by atoms with Gasteiger partial charge < -0.3 is 10.6 Å². The van der Waals surface area contributed by atoms with Crippen LogP contribution in [0.4, 0.5) is 5.69 Å². The molecule has 4 nitrogen and oxygen atoms in total. The fourth-order valence-corrected chi connectivity index (χ4v) is 2.63. The molecule has 100 valence electrons. The Kier molecular flexibility index (Phi) is 4.18. The fraction of sp³-hybridized carbons (Fsp3) is 0.467. The molecule has 2 N–H and O–H groups in total. The van der Waals surface area contributed by atoms with Crippen molar-refractivity contribution in [2.24, 2.45) is 0 Å².